The van der Waals surface area contributed by atoms with Crippen LogP contribution in [0.25, 0.3) is 0 Å². The highest BCUT2D eigenvalue weighted by Crippen LogP contribution is 2.45. The molecule has 0 amide bonds. The molecule has 1 aliphatic carbocycles. The summed E-state index contributed by atoms with van der Waals surface area (Å²) in [5.74, 6) is -0.632. The molecule has 0 aromatic heterocycles. The van der Waals surface area contributed by atoms with E-state index in [-0.39, 0.29) is 34.0 Å². The first kappa shape index (κ1) is 26.1. The summed E-state index contributed by atoms with van der Waals surface area (Å²) in [6, 6.07) is 14.0. The average molecular weight is 547 g/mol. The molecule has 3 aromatic rings. The Morgan fingerprint density at radius 2 is 1.74 bits per heavy atom. The van der Waals surface area contributed by atoms with Crippen molar-refractivity contribution in [3.63, 3.8) is 0 Å². The van der Waals surface area contributed by atoms with Crippen molar-refractivity contribution in [3.8, 4) is 11.5 Å². The molecule has 0 bridgehead atoms. The molecule has 1 saturated carbocycles. The zero-order valence-corrected chi connectivity index (χ0v) is 21.1. The highest BCUT2D eigenvalue weighted by Gasteiger charge is 2.37. The summed E-state index contributed by atoms with van der Waals surface area (Å²) in [6.07, 6.45) is 1.25. The van der Waals surface area contributed by atoms with E-state index in [0.29, 0.717) is 36.1 Å². The van der Waals surface area contributed by atoms with E-state index in [9.17, 15) is 26.7 Å². The van der Waals surface area contributed by atoms with Gasteiger partial charge in [0.2, 0.25) is 0 Å². The number of hydrogen-bond donors (Lipinski definition) is 2. The third-order valence-corrected chi connectivity index (χ3v) is 8.22. The van der Waals surface area contributed by atoms with Crippen molar-refractivity contribution >= 4 is 21.4 Å². The van der Waals surface area contributed by atoms with Gasteiger partial charge in [-0.1, -0.05) is 12.1 Å². The first-order valence-electron chi connectivity index (χ1n) is 12.0. The molecule has 38 heavy (non-hydrogen) atoms. The Bertz CT molecular complexity index is 1460. The molecule has 1 heterocycles. The Balaban J connectivity index is 1.51. The fourth-order valence-corrected chi connectivity index (χ4v) is 6.10. The van der Waals surface area contributed by atoms with Gasteiger partial charge in [-0.25, -0.2) is 12.8 Å². The molecule has 1 aliphatic heterocycles. The molecule has 3 unspecified atom stereocenters. The van der Waals surface area contributed by atoms with Gasteiger partial charge < -0.3 is 14.6 Å². The zero-order valence-electron chi connectivity index (χ0n) is 20.3. The van der Waals surface area contributed by atoms with Crippen molar-refractivity contribution in [2.75, 3.05) is 11.8 Å². The molecular formula is C27H25F3N2O5S. The molecule has 2 aliphatic rings. The van der Waals surface area contributed by atoms with Crippen molar-refractivity contribution in [3.05, 3.63) is 83.2 Å². The molecule has 0 saturated heterocycles. The fraction of sp³-hybridized carbons (Fsp3) is 0.296. The van der Waals surface area contributed by atoms with Gasteiger partial charge in [0.05, 0.1) is 29.9 Å². The van der Waals surface area contributed by atoms with E-state index in [4.69, 9.17) is 14.5 Å². The summed E-state index contributed by atoms with van der Waals surface area (Å²) in [5, 5.41) is 10.3. The highest BCUT2D eigenvalue weighted by atomic mass is 32.2. The molecule has 1 fully saturated rings. The van der Waals surface area contributed by atoms with Crippen LogP contribution in [0.2, 0.25) is 0 Å². The van der Waals surface area contributed by atoms with Crippen LogP contribution in [0, 0.1) is 5.82 Å². The Labute approximate surface area is 218 Å². The molecular weight excluding hydrogens is 521 g/mol. The summed E-state index contributed by atoms with van der Waals surface area (Å²) >= 11 is 0. The van der Waals surface area contributed by atoms with Gasteiger partial charge in [0, 0.05) is 22.7 Å². The van der Waals surface area contributed by atoms with Gasteiger partial charge in [0.15, 0.2) is 11.5 Å². The van der Waals surface area contributed by atoms with Crippen molar-refractivity contribution < 1.29 is 36.2 Å². The number of sulfonamides is 1. The third kappa shape index (κ3) is 5.21. The number of anilines is 1. The number of aliphatic hydroxyl groups is 1. The molecule has 0 radical (unpaired) electrons. The fourth-order valence-electron chi connectivity index (χ4n) is 5.05. The smallest absolute Gasteiger partial charge is 0.387 e. The molecule has 0 spiro atoms. The number of alkyl halides is 2. The van der Waals surface area contributed by atoms with Crippen molar-refractivity contribution in [1.82, 2.24) is 0 Å². The van der Waals surface area contributed by atoms with Crippen LogP contribution in [0.5, 0.6) is 11.5 Å². The standard InChI is InChI=1S/C27H25F3N2O5S/c1-36-24-13-20-21-12-18(33)8-11-23(21)31-26(22(20)14-25(24)37-27(29)30)15-2-6-17(7-3-15)32-38(34,35)19-9-4-16(28)5-10-19/h2-7,9-10,13-14,18,21,23,27,32-33H,8,11-12H2,1H3. The van der Waals surface area contributed by atoms with E-state index >= 15 is 0 Å². The second-order valence-corrected chi connectivity index (χ2v) is 10.9. The Morgan fingerprint density at radius 1 is 1.03 bits per heavy atom. The number of fused-ring (bicyclic) bond motifs is 3. The van der Waals surface area contributed by atoms with Crippen LogP contribution < -0.4 is 14.2 Å². The predicted octanol–water partition coefficient (Wildman–Crippen LogP) is 5.08. The maximum absolute atomic E-state index is 13.2. The van der Waals surface area contributed by atoms with Gasteiger partial charge in [0.1, 0.15) is 5.82 Å². The second kappa shape index (κ2) is 10.3. The summed E-state index contributed by atoms with van der Waals surface area (Å²) < 4.78 is 77.2. The minimum Gasteiger partial charge on any atom is -0.493 e. The Hall–Kier alpha value is -3.57. The molecule has 2 N–H and O–H groups in total. The van der Waals surface area contributed by atoms with Crippen molar-refractivity contribution in [1.29, 1.82) is 0 Å². The number of aliphatic hydroxyl groups excluding tert-OH is 1. The summed E-state index contributed by atoms with van der Waals surface area (Å²) in [5.41, 5.74) is 2.88. The number of halogens is 3. The molecule has 200 valence electrons. The van der Waals surface area contributed by atoms with E-state index < -0.39 is 28.6 Å². The lowest BCUT2D eigenvalue weighted by molar-refractivity contribution is -0.0512. The normalized spacial score (nSPS) is 20.8. The number of nitrogens with zero attached hydrogens (tertiary/aromatic N) is 1. The number of methoxy groups -OCH3 is 1. The van der Waals surface area contributed by atoms with Crippen LogP contribution in [-0.2, 0) is 10.0 Å². The summed E-state index contributed by atoms with van der Waals surface area (Å²) in [6.45, 7) is -3.05. The lowest BCUT2D eigenvalue weighted by Crippen LogP contribution is -2.34. The lowest BCUT2D eigenvalue weighted by atomic mass is 9.74. The van der Waals surface area contributed by atoms with Gasteiger partial charge in [-0.3, -0.25) is 9.71 Å². The molecule has 7 nitrogen and oxygen atoms in total. The second-order valence-electron chi connectivity index (χ2n) is 9.22. The first-order valence-corrected chi connectivity index (χ1v) is 13.4. The first-order chi connectivity index (χ1) is 18.1. The number of nitrogens with one attached hydrogen (secondary N) is 1. The maximum atomic E-state index is 13.2. The number of hydrogen-bond acceptors (Lipinski definition) is 6. The number of ether oxygens (including phenoxy) is 2. The topological polar surface area (TPSA) is 97.2 Å². The monoisotopic (exact) mass is 546 g/mol. The van der Waals surface area contributed by atoms with Gasteiger partial charge in [-0.15, -0.1) is 0 Å². The number of benzene rings is 3. The van der Waals surface area contributed by atoms with Crippen LogP contribution in [0.15, 0.2) is 70.6 Å². The average Bonchev–Trinajstić information content (AvgIpc) is 2.88. The van der Waals surface area contributed by atoms with Gasteiger partial charge >= 0.3 is 6.61 Å². The Kier molecular flexibility index (Phi) is 7.06. The van der Waals surface area contributed by atoms with E-state index in [1.54, 1.807) is 30.3 Å². The van der Waals surface area contributed by atoms with Crippen LogP contribution in [0.1, 0.15) is 41.9 Å². The van der Waals surface area contributed by atoms with E-state index in [1.807, 2.05) is 0 Å². The van der Waals surface area contributed by atoms with Crippen molar-refractivity contribution in [2.24, 2.45) is 4.99 Å². The molecule has 11 heteroatoms. The Morgan fingerprint density at radius 3 is 2.39 bits per heavy atom. The molecule has 3 aromatic carbocycles. The van der Waals surface area contributed by atoms with Crippen molar-refractivity contribution in [2.45, 2.75) is 48.8 Å². The molecule has 5 rings (SSSR count). The van der Waals surface area contributed by atoms with Crippen LogP contribution in [0.3, 0.4) is 0 Å². The minimum atomic E-state index is -3.93. The van der Waals surface area contributed by atoms with Gasteiger partial charge in [-0.2, -0.15) is 8.78 Å². The predicted molar refractivity (Wildman–Crippen MR) is 135 cm³/mol. The van der Waals surface area contributed by atoms with Gasteiger partial charge in [0.25, 0.3) is 10.0 Å². The zero-order chi connectivity index (χ0) is 27.0. The minimum absolute atomic E-state index is 0.0837. The van der Waals surface area contributed by atoms with E-state index in [0.717, 1.165) is 17.7 Å². The van der Waals surface area contributed by atoms with E-state index in [2.05, 4.69) is 4.72 Å². The third-order valence-electron chi connectivity index (χ3n) is 6.82. The largest absolute Gasteiger partial charge is 0.493 e. The van der Waals surface area contributed by atoms with Crippen LogP contribution in [-0.4, -0.2) is 45.1 Å². The highest BCUT2D eigenvalue weighted by molar-refractivity contribution is 7.92. The number of rotatable bonds is 7. The number of aliphatic imine (C=N–C) groups is 1. The molecule has 3 atom stereocenters. The van der Waals surface area contributed by atoms with Crippen LogP contribution >= 0.6 is 0 Å². The maximum Gasteiger partial charge on any atom is 0.387 e. The van der Waals surface area contributed by atoms with Gasteiger partial charge in [-0.05, 0) is 73.4 Å². The lowest BCUT2D eigenvalue weighted by Gasteiger charge is -2.37. The van der Waals surface area contributed by atoms with E-state index in [1.165, 1.54) is 25.3 Å². The summed E-state index contributed by atoms with van der Waals surface area (Å²) in [7, 11) is -2.56. The quantitative estimate of drug-likeness (QED) is 0.431. The van der Waals surface area contributed by atoms with Crippen LogP contribution in [0.4, 0.5) is 18.9 Å². The SMILES string of the molecule is COc1cc2c(cc1OC(F)F)C(c1ccc(NS(=O)(=O)c3ccc(F)cc3)cc1)=NC1CCC(O)CC21. The summed E-state index contributed by atoms with van der Waals surface area (Å²) in [4.78, 5) is 4.85.